The van der Waals surface area contributed by atoms with Gasteiger partial charge in [-0.05, 0) is 55.5 Å². The molecule has 1 amide bonds. The molecule has 0 aliphatic carbocycles. The summed E-state index contributed by atoms with van der Waals surface area (Å²) >= 11 is 0. The van der Waals surface area contributed by atoms with Crippen LogP contribution in [0.5, 0.6) is 0 Å². The van der Waals surface area contributed by atoms with Crippen molar-refractivity contribution in [1.29, 1.82) is 0 Å². The Morgan fingerprint density at radius 1 is 0.788 bits per heavy atom. The molecule has 0 spiro atoms. The second-order valence-corrected chi connectivity index (χ2v) is 12.4. The van der Waals surface area contributed by atoms with E-state index in [4.69, 9.17) is 0 Å². The van der Waals surface area contributed by atoms with E-state index in [1.54, 1.807) is 54.6 Å². The summed E-state index contributed by atoms with van der Waals surface area (Å²) in [6.45, 7) is 1.91. The van der Waals surface area contributed by atoms with E-state index < -0.39 is 26.0 Å². The van der Waals surface area contributed by atoms with Crippen LogP contribution >= 0.6 is 0 Å². The molecule has 2 fully saturated rings. The lowest BCUT2D eigenvalue weighted by Crippen LogP contribution is -2.45. The Morgan fingerprint density at radius 3 is 2.03 bits per heavy atom. The minimum Gasteiger partial charge on any atom is -0.352 e. The van der Waals surface area contributed by atoms with Gasteiger partial charge < -0.3 is 5.32 Å². The Hall–Kier alpha value is -2.27. The lowest BCUT2D eigenvalue weighted by Gasteiger charge is -2.31. The number of hydrogen-bond acceptors (Lipinski definition) is 5. The van der Waals surface area contributed by atoms with Gasteiger partial charge in [-0.2, -0.15) is 8.61 Å². The molecule has 0 unspecified atom stereocenters. The zero-order valence-electron chi connectivity index (χ0n) is 18.4. The predicted octanol–water partition coefficient (Wildman–Crippen LogP) is 2.19. The van der Waals surface area contributed by atoms with Crippen molar-refractivity contribution in [2.75, 3.05) is 26.2 Å². The number of nitrogens with one attached hydrogen (secondary N) is 1. The van der Waals surface area contributed by atoms with Gasteiger partial charge in [-0.1, -0.05) is 30.3 Å². The molecule has 2 aliphatic heterocycles. The summed E-state index contributed by atoms with van der Waals surface area (Å²) in [5, 5.41) is 2.87. The van der Waals surface area contributed by atoms with Crippen molar-refractivity contribution in [2.24, 2.45) is 5.92 Å². The van der Waals surface area contributed by atoms with E-state index in [9.17, 15) is 21.6 Å². The summed E-state index contributed by atoms with van der Waals surface area (Å²) in [5.41, 5.74) is 0.785. The van der Waals surface area contributed by atoms with Crippen molar-refractivity contribution in [2.45, 2.75) is 42.0 Å². The molecule has 2 aromatic rings. The molecule has 2 aromatic carbocycles. The SMILES string of the molecule is O=C(NCc1ccc(S(=O)(=O)N2CCCC2)cc1)[C@H]1CCCN(S(=O)(=O)c2ccccc2)C1. The van der Waals surface area contributed by atoms with Gasteiger partial charge in [0.1, 0.15) is 0 Å². The van der Waals surface area contributed by atoms with Crippen LogP contribution in [-0.2, 0) is 31.4 Å². The molecule has 0 bridgehead atoms. The predicted molar refractivity (Wildman–Crippen MR) is 124 cm³/mol. The lowest BCUT2D eigenvalue weighted by atomic mass is 9.99. The van der Waals surface area contributed by atoms with Gasteiger partial charge in [0.25, 0.3) is 0 Å². The van der Waals surface area contributed by atoms with Crippen molar-refractivity contribution in [3.8, 4) is 0 Å². The summed E-state index contributed by atoms with van der Waals surface area (Å²) in [6.07, 6.45) is 3.01. The molecule has 33 heavy (non-hydrogen) atoms. The van der Waals surface area contributed by atoms with Crippen LogP contribution < -0.4 is 5.32 Å². The molecular weight excluding hydrogens is 462 g/mol. The van der Waals surface area contributed by atoms with Crippen LogP contribution in [0.4, 0.5) is 0 Å². The van der Waals surface area contributed by atoms with Gasteiger partial charge in [0, 0.05) is 32.7 Å². The monoisotopic (exact) mass is 491 g/mol. The second kappa shape index (κ2) is 9.92. The molecule has 2 aliphatic rings. The van der Waals surface area contributed by atoms with E-state index in [1.807, 2.05) is 0 Å². The first-order valence-electron chi connectivity index (χ1n) is 11.2. The molecule has 2 heterocycles. The third-order valence-electron chi connectivity index (χ3n) is 6.23. The van der Waals surface area contributed by atoms with Gasteiger partial charge in [-0.3, -0.25) is 4.79 Å². The molecule has 8 nitrogen and oxygen atoms in total. The molecule has 10 heteroatoms. The lowest BCUT2D eigenvalue weighted by molar-refractivity contribution is -0.126. The number of sulfonamides is 2. The van der Waals surface area contributed by atoms with Crippen LogP contribution in [0.3, 0.4) is 0 Å². The minimum atomic E-state index is -3.63. The first kappa shape index (κ1) is 23.9. The van der Waals surface area contributed by atoms with E-state index in [-0.39, 0.29) is 28.8 Å². The van der Waals surface area contributed by atoms with Crippen LogP contribution in [0.15, 0.2) is 64.4 Å². The summed E-state index contributed by atoms with van der Waals surface area (Å²) in [4.78, 5) is 13.2. The first-order valence-corrected chi connectivity index (χ1v) is 14.1. The Bertz CT molecular complexity index is 1180. The zero-order chi connectivity index (χ0) is 23.5. The maximum Gasteiger partial charge on any atom is 0.243 e. The second-order valence-electron chi connectivity index (χ2n) is 8.49. The fraction of sp³-hybridized carbons (Fsp3) is 0.435. The summed E-state index contributed by atoms with van der Waals surface area (Å²) in [7, 11) is -7.09. The summed E-state index contributed by atoms with van der Waals surface area (Å²) in [5.74, 6) is -0.621. The minimum absolute atomic E-state index is 0.149. The maximum absolute atomic E-state index is 12.9. The van der Waals surface area contributed by atoms with E-state index in [2.05, 4.69) is 5.32 Å². The van der Waals surface area contributed by atoms with E-state index in [1.165, 1.54) is 8.61 Å². The highest BCUT2D eigenvalue weighted by atomic mass is 32.2. The largest absolute Gasteiger partial charge is 0.352 e. The van der Waals surface area contributed by atoms with Crippen LogP contribution in [0, 0.1) is 5.92 Å². The summed E-state index contributed by atoms with van der Waals surface area (Å²) < 4.78 is 53.9. The molecule has 4 rings (SSSR count). The van der Waals surface area contributed by atoms with Gasteiger partial charge in [-0.15, -0.1) is 0 Å². The highest BCUT2D eigenvalue weighted by molar-refractivity contribution is 7.89. The number of rotatable bonds is 7. The van der Waals surface area contributed by atoms with Crippen LogP contribution in [0.1, 0.15) is 31.2 Å². The van der Waals surface area contributed by atoms with Crippen LogP contribution in [0.2, 0.25) is 0 Å². The average molecular weight is 492 g/mol. The van der Waals surface area contributed by atoms with Crippen molar-refractivity contribution in [3.05, 3.63) is 60.2 Å². The van der Waals surface area contributed by atoms with Crippen molar-refractivity contribution < 1.29 is 21.6 Å². The maximum atomic E-state index is 12.9. The number of carbonyl (C=O) groups is 1. The fourth-order valence-electron chi connectivity index (χ4n) is 4.31. The molecule has 178 valence electrons. The molecule has 2 saturated heterocycles. The first-order chi connectivity index (χ1) is 15.8. The highest BCUT2D eigenvalue weighted by Crippen LogP contribution is 2.24. The number of amides is 1. The number of nitrogens with zero attached hydrogens (tertiary/aromatic N) is 2. The number of carbonyl (C=O) groups excluding carboxylic acids is 1. The van der Waals surface area contributed by atoms with E-state index in [0.29, 0.717) is 32.5 Å². The van der Waals surface area contributed by atoms with Crippen LogP contribution in [-0.4, -0.2) is 57.5 Å². The van der Waals surface area contributed by atoms with Crippen molar-refractivity contribution in [1.82, 2.24) is 13.9 Å². The zero-order valence-corrected chi connectivity index (χ0v) is 20.0. The number of hydrogen-bond donors (Lipinski definition) is 1. The third kappa shape index (κ3) is 5.29. The van der Waals surface area contributed by atoms with Gasteiger partial charge in [0.2, 0.25) is 26.0 Å². The quantitative estimate of drug-likeness (QED) is 0.639. The Kier molecular flexibility index (Phi) is 7.18. The van der Waals surface area contributed by atoms with Crippen molar-refractivity contribution in [3.63, 3.8) is 0 Å². The number of piperidine rings is 1. The molecule has 0 aromatic heterocycles. The fourth-order valence-corrected chi connectivity index (χ4v) is 7.37. The van der Waals surface area contributed by atoms with Crippen LogP contribution in [0.25, 0.3) is 0 Å². The van der Waals surface area contributed by atoms with Gasteiger partial charge >= 0.3 is 0 Å². The average Bonchev–Trinajstić information content (AvgIpc) is 3.39. The highest BCUT2D eigenvalue weighted by Gasteiger charge is 2.33. The topological polar surface area (TPSA) is 104 Å². The molecule has 0 radical (unpaired) electrons. The molecule has 1 N–H and O–H groups in total. The molecular formula is C23H29N3O5S2. The van der Waals surface area contributed by atoms with Gasteiger partial charge in [0.05, 0.1) is 15.7 Å². The normalized spacial score (nSPS) is 20.5. The molecule has 1 atom stereocenters. The Balaban J connectivity index is 1.35. The Morgan fingerprint density at radius 2 is 1.36 bits per heavy atom. The van der Waals surface area contributed by atoms with Gasteiger partial charge in [0.15, 0.2) is 0 Å². The van der Waals surface area contributed by atoms with Gasteiger partial charge in [-0.25, -0.2) is 16.8 Å². The standard InChI is InChI=1S/C23H29N3O5S2/c27-23(20-7-6-16-26(18-20)33(30,31)21-8-2-1-3-9-21)24-17-19-10-12-22(13-11-19)32(28,29)25-14-4-5-15-25/h1-3,8-13,20H,4-7,14-18H2,(H,24,27)/t20-/m0/s1. The Labute approximate surface area is 195 Å². The smallest absolute Gasteiger partial charge is 0.243 e. The summed E-state index contributed by atoms with van der Waals surface area (Å²) in [6, 6.07) is 14.8. The number of benzene rings is 2. The third-order valence-corrected chi connectivity index (χ3v) is 10.0. The molecule has 0 saturated carbocycles. The van der Waals surface area contributed by atoms with E-state index >= 15 is 0 Å². The van der Waals surface area contributed by atoms with Crippen molar-refractivity contribution >= 4 is 26.0 Å². The van der Waals surface area contributed by atoms with E-state index in [0.717, 1.165) is 18.4 Å².